The summed E-state index contributed by atoms with van der Waals surface area (Å²) in [5.41, 5.74) is 6.63. The number of hydrogen-bond donors (Lipinski definition) is 4. The van der Waals surface area contributed by atoms with Crippen LogP contribution >= 0.6 is 7.60 Å². The Hall–Kier alpha value is -1.58. The molecule has 11 heteroatoms. The summed E-state index contributed by atoms with van der Waals surface area (Å²) >= 11 is 0. The molecule has 0 bridgehead atoms. The lowest BCUT2D eigenvalue weighted by Crippen LogP contribution is -2.23. The Bertz CT molecular complexity index is 731. The maximum absolute atomic E-state index is 11.2. The van der Waals surface area contributed by atoms with Crippen molar-refractivity contribution in [1.29, 1.82) is 0 Å². The highest BCUT2D eigenvalue weighted by Crippen LogP contribution is 2.44. The van der Waals surface area contributed by atoms with Gasteiger partial charge in [0.2, 0.25) is 0 Å². The fourth-order valence-electron chi connectivity index (χ4n) is 2.73. The molecule has 3 atom stereocenters. The van der Waals surface area contributed by atoms with Crippen LogP contribution in [0.25, 0.3) is 11.2 Å². The SMILES string of the molecule is Nc1ncnc2c1ncn2[C@H]1C[C@H](CP(=O)(O)O)[C@@H](CO)O1. The van der Waals surface area contributed by atoms with Gasteiger partial charge in [-0.2, -0.15) is 0 Å². The van der Waals surface area contributed by atoms with Crippen LogP contribution < -0.4 is 5.73 Å². The summed E-state index contributed by atoms with van der Waals surface area (Å²) in [6.45, 7) is -0.315. The maximum Gasteiger partial charge on any atom is 0.325 e. The predicted molar refractivity (Wildman–Crippen MR) is 75.7 cm³/mol. The molecule has 1 saturated heterocycles. The molecule has 0 amide bonds. The number of aliphatic hydroxyl groups is 1. The van der Waals surface area contributed by atoms with E-state index in [1.165, 1.54) is 12.7 Å². The predicted octanol–water partition coefficient (Wildman–Crippen LogP) is -0.518. The van der Waals surface area contributed by atoms with Crippen molar-refractivity contribution in [1.82, 2.24) is 19.5 Å². The molecule has 0 aromatic carbocycles. The van der Waals surface area contributed by atoms with Crippen LogP contribution in [0.3, 0.4) is 0 Å². The maximum atomic E-state index is 11.2. The first kappa shape index (κ1) is 15.3. The van der Waals surface area contributed by atoms with Gasteiger partial charge in [-0.05, 0) is 6.42 Å². The average Bonchev–Trinajstić information content (AvgIpc) is 3.01. The van der Waals surface area contributed by atoms with E-state index in [4.69, 9.17) is 20.3 Å². The van der Waals surface area contributed by atoms with Crippen LogP contribution in [-0.2, 0) is 9.30 Å². The molecule has 5 N–H and O–H groups in total. The van der Waals surface area contributed by atoms with Gasteiger partial charge in [-0.3, -0.25) is 9.13 Å². The summed E-state index contributed by atoms with van der Waals surface area (Å²) in [6, 6.07) is 0. The number of aromatic nitrogens is 4. The first-order valence-electron chi connectivity index (χ1n) is 6.63. The standard InChI is InChI=1S/C11H16N5O5P/c12-10-9-11(14-4-13-10)16(5-15-9)8-1-6(3-22(18,19)20)7(2-17)21-8/h4-8,17H,1-3H2,(H2,12,13,14)(H2,18,19,20)/t6-,7-,8-/m1/s1. The minimum atomic E-state index is -4.19. The highest BCUT2D eigenvalue weighted by atomic mass is 31.2. The van der Waals surface area contributed by atoms with Gasteiger partial charge in [-0.15, -0.1) is 0 Å². The van der Waals surface area contributed by atoms with E-state index in [9.17, 15) is 9.67 Å². The van der Waals surface area contributed by atoms with E-state index in [0.717, 1.165) is 0 Å². The first-order valence-corrected chi connectivity index (χ1v) is 8.42. The Kier molecular flexibility index (Phi) is 3.87. The van der Waals surface area contributed by atoms with Crippen LogP contribution in [-0.4, -0.2) is 53.3 Å². The van der Waals surface area contributed by atoms with Gasteiger partial charge >= 0.3 is 7.60 Å². The van der Waals surface area contributed by atoms with E-state index in [2.05, 4.69) is 15.0 Å². The molecule has 2 aromatic heterocycles. The molecule has 3 heterocycles. The van der Waals surface area contributed by atoms with E-state index in [1.807, 2.05) is 0 Å². The lowest BCUT2D eigenvalue weighted by molar-refractivity contribution is -0.0277. The molecule has 2 aromatic rings. The Balaban J connectivity index is 1.89. The van der Waals surface area contributed by atoms with E-state index in [0.29, 0.717) is 17.6 Å². The van der Waals surface area contributed by atoms with Crippen LogP contribution in [0.5, 0.6) is 0 Å². The minimum Gasteiger partial charge on any atom is -0.394 e. The second kappa shape index (κ2) is 5.56. The number of nitrogens with zero attached hydrogens (tertiary/aromatic N) is 4. The largest absolute Gasteiger partial charge is 0.394 e. The summed E-state index contributed by atoms with van der Waals surface area (Å²) in [5, 5.41) is 9.36. The molecule has 120 valence electrons. The third-order valence-electron chi connectivity index (χ3n) is 3.71. The van der Waals surface area contributed by atoms with Gasteiger partial charge in [0.25, 0.3) is 0 Å². The minimum absolute atomic E-state index is 0.243. The second-order valence-electron chi connectivity index (χ2n) is 5.24. The third kappa shape index (κ3) is 2.83. The zero-order valence-electron chi connectivity index (χ0n) is 11.5. The molecular formula is C11H16N5O5P. The van der Waals surface area contributed by atoms with Gasteiger partial charge in [0.15, 0.2) is 11.5 Å². The quantitative estimate of drug-likeness (QED) is 0.542. The van der Waals surface area contributed by atoms with Crippen molar-refractivity contribution in [2.75, 3.05) is 18.5 Å². The average molecular weight is 329 g/mol. The second-order valence-corrected chi connectivity index (χ2v) is 6.93. The Labute approximate surface area is 125 Å². The van der Waals surface area contributed by atoms with E-state index < -0.39 is 25.8 Å². The highest BCUT2D eigenvalue weighted by Gasteiger charge is 2.39. The van der Waals surface area contributed by atoms with Gasteiger partial charge in [0.05, 0.1) is 25.2 Å². The first-order chi connectivity index (χ1) is 10.4. The van der Waals surface area contributed by atoms with Gasteiger partial charge in [-0.1, -0.05) is 0 Å². The Morgan fingerprint density at radius 2 is 2.18 bits per heavy atom. The third-order valence-corrected chi connectivity index (χ3v) is 4.66. The zero-order chi connectivity index (χ0) is 15.9. The lowest BCUT2D eigenvalue weighted by atomic mass is 10.0. The summed E-state index contributed by atoms with van der Waals surface area (Å²) in [4.78, 5) is 30.4. The molecule has 3 rings (SSSR count). The molecule has 22 heavy (non-hydrogen) atoms. The van der Waals surface area contributed by atoms with Gasteiger partial charge in [-0.25, -0.2) is 15.0 Å². The van der Waals surface area contributed by atoms with E-state index in [1.54, 1.807) is 4.57 Å². The topological polar surface area (TPSA) is 157 Å². The van der Waals surface area contributed by atoms with Crippen molar-refractivity contribution in [3.8, 4) is 0 Å². The van der Waals surface area contributed by atoms with Crippen molar-refractivity contribution in [3.05, 3.63) is 12.7 Å². The lowest BCUT2D eigenvalue weighted by Gasteiger charge is -2.16. The number of nitrogens with two attached hydrogens (primary N) is 1. The molecule has 0 radical (unpaired) electrons. The number of anilines is 1. The summed E-state index contributed by atoms with van der Waals surface area (Å²) in [7, 11) is -4.19. The van der Waals surface area contributed by atoms with Gasteiger partial charge < -0.3 is 25.4 Å². The molecule has 0 aliphatic carbocycles. The Morgan fingerprint density at radius 1 is 1.41 bits per heavy atom. The summed E-state index contributed by atoms with van der Waals surface area (Å²) in [5.74, 6) is -0.209. The highest BCUT2D eigenvalue weighted by molar-refractivity contribution is 7.51. The normalized spacial score (nSPS) is 25.9. The van der Waals surface area contributed by atoms with Crippen LogP contribution in [0, 0.1) is 5.92 Å². The van der Waals surface area contributed by atoms with Crippen molar-refractivity contribution < 1.29 is 24.2 Å². The molecule has 0 unspecified atom stereocenters. The molecule has 1 fully saturated rings. The van der Waals surface area contributed by atoms with Crippen LogP contribution in [0.1, 0.15) is 12.6 Å². The summed E-state index contributed by atoms with van der Waals surface area (Å²) < 4.78 is 18.5. The van der Waals surface area contributed by atoms with E-state index in [-0.39, 0.29) is 18.6 Å². The van der Waals surface area contributed by atoms with Crippen LogP contribution in [0.2, 0.25) is 0 Å². The number of aliphatic hydroxyl groups excluding tert-OH is 1. The van der Waals surface area contributed by atoms with Gasteiger partial charge in [0.1, 0.15) is 18.1 Å². The molecule has 10 nitrogen and oxygen atoms in total. The number of fused-ring (bicyclic) bond motifs is 1. The molecular weight excluding hydrogens is 313 g/mol. The summed E-state index contributed by atoms with van der Waals surface area (Å²) in [6.07, 6.45) is 1.64. The van der Waals surface area contributed by atoms with Gasteiger partial charge in [0, 0.05) is 5.92 Å². The zero-order valence-corrected chi connectivity index (χ0v) is 12.4. The fraction of sp³-hybridized carbons (Fsp3) is 0.545. The smallest absolute Gasteiger partial charge is 0.325 e. The monoisotopic (exact) mass is 329 g/mol. The Morgan fingerprint density at radius 3 is 2.86 bits per heavy atom. The number of nitrogen functional groups attached to an aromatic ring is 1. The number of ether oxygens (including phenoxy) is 1. The molecule has 1 aliphatic heterocycles. The van der Waals surface area contributed by atoms with Crippen molar-refractivity contribution >= 4 is 24.6 Å². The fourth-order valence-corrected chi connectivity index (χ4v) is 3.72. The number of imidazole rings is 1. The molecule has 0 spiro atoms. The number of hydrogen-bond acceptors (Lipinski definition) is 7. The van der Waals surface area contributed by atoms with E-state index >= 15 is 0 Å². The molecule has 1 aliphatic rings. The van der Waals surface area contributed by atoms with Crippen molar-refractivity contribution in [2.24, 2.45) is 5.92 Å². The van der Waals surface area contributed by atoms with Crippen molar-refractivity contribution in [3.63, 3.8) is 0 Å². The van der Waals surface area contributed by atoms with Crippen LogP contribution in [0.4, 0.5) is 5.82 Å². The van der Waals surface area contributed by atoms with Crippen molar-refractivity contribution in [2.45, 2.75) is 18.8 Å². The van der Waals surface area contributed by atoms with Crippen LogP contribution in [0.15, 0.2) is 12.7 Å². The number of rotatable bonds is 4. The molecule has 0 saturated carbocycles.